The lowest BCUT2D eigenvalue weighted by Crippen LogP contribution is -2.36. The third-order valence-corrected chi connectivity index (χ3v) is 3.88. The third kappa shape index (κ3) is 4.74. The first-order chi connectivity index (χ1) is 10.1. The van der Waals surface area contributed by atoms with Crippen molar-refractivity contribution in [3.05, 3.63) is 29.3 Å². The molecule has 2 unspecified atom stereocenters. The van der Waals surface area contributed by atoms with Crippen molar-refractivity contribution in [3.8, 4) is 5.75 Å². The van der Waals surface area contributed by atoms with Crippen LogP contribution in [0.2, 0.25) is 0 Å². The zero-order valence-electron chi connectivity index (χ0n) is 13.2. The Balaban J connectivity index is 1.64. The Morgan fingerprint density at radius 2 is 2.29 bits per heavy atom. The maximum absolute atomic E-state index is 11.6. The SMILES string of the molecule is CCC(C)NC(=O)CCNCC1Cc2cc(C)ccc2O1. The lowest BCUT2D eigenvalue weighted by molar-refractivity contribution is -0.121. The molecule has 1 heterocycles. The van der Waals surface area contributed by atoms with E-state index in [0.29, 0.717) is 13.0 Å². The number of carbonyl (C=O) groups excluding carboxylic acids is 1. The summed E-state index contributed by atoms with van der Waals surface area (Å²) < 4.78 is 5.89. The second-order valence-corrected chi connectivity index (χ2v) is 5.89. The number of amides is 1. The molecule has 1 aromatic rings. The molecule has 0 bridgehead atoms. The van der Waals surface area contributed by atoms with Crippen LogP contribution in [0, 0.1) is 6.92 Å². The van der Waals surface area contributed by atoms with Gasteiger partial charge in [0.2, 0.25) is 5.91 Å². The molecule has 2 atom stereocenters. The minimum Gasteiger partial charge on any atom is -0.488 e. The number of ether oxygens (including phenoxy) is 1. The van der Waals surface area contributed by atoms with E-state index < -0.39 is 0 Å². The predicted molar refractivity (Wildman–Crippen MR) is 84.7 cm³/mol. The molecular weight excluding hydrogens is 264 g/mol. The van der Waals surface area contributed by atoms with Gasteiger partial charge >= 0.3 is 0 Å². The van der Waals surface area contributed by atoms with Crippen molar-refractivity contribution in [1.82, 2.24) is 10.6 Å². The first-order valence-corrected chi connectivity index (χ1v) is 7.84. The lowest BCUT2D eigenvalue weighted by Gasteiger charge is -2.13. The summed E-state index contributed by atoms with van der Waals surface area (Å²) in [5, 5.41) is 6.28. The molecule has 4 nitrogen and oxygen atoms in total. The molecule has 1 aliphatic rings. The van der Waals surface area contributed by atoms with Crippen LogP contribution in [-0.4, -0.2) is 31.1 Å². The molecule has 0 fully saturated rings. The third-order valence-electron chi connectivity index (χ3n) is 3.88. The molecule has 1 amide bonds. The Morgan fingerprint density at radius 1 is 1.48 bits per heavy atom. The van der Waals surface area contributed by atoms with Crippen LogP contribution in [0.5, 0.6) is 5.75 Å². The zero-order valence-corrected chi connectivity index (χ0v) is 13.2. The van der Waals surface area contributed by atoms with Crippen LogP contribution in [0.15, 0.2) is 18.2 Å². The van der Waals surface area contributed by atoms with Gasteiger partial charge in [0.05, 0.1) is 0 Å². The lowest BCUT2D eigenvalue weighted by atomic mass is 10.1. The first-order valence-electron chi connectivity index (χ1n) is 7.84. The molecule has 0 saturated heterocycles. The standard InChI is InChI=1S/C17H26N2O2/c1-4-13(3)19-17(20)7-8-18-11-15-10-14-9-12(2)5-6-16(14)21-15/h5-6,9,13,15,18H,4,7-8,10-11H2,1-3H3,(H,19,20). The maximum Gasteiger partial charge on any atom is 0.221 e. The van der Waals surface area contributed by atoms with Gasteiger partial charge in [-0.1, -0.05) is 24.6 Å². The van der Waals surface area contributed by atoms with E-state index in [9.17, 15) is 4.79 Å². The highest BCUT2D eigenvalue weighted by atomic mass is 16.5. The van der Waals surface area contributed by atoms with Crippen molar-refractivity contribution in [2.45, 2.75) is 52.2 Å². The van der Waals surface area contributed by atoms with Crippen LogP contribution in [-0.2, 0) is 11.2 Å². The van der Waals surface area contributed by atoms with Gasteiger partial charge in [0.15, 0.2) is 0 Å². The van der Waals surface area contributed by atoms with Gasteiger partial charge in [0, 0.05) is 32.0 Å². The van der Waals surface area contributed by atoms with Crippen LogP contribution >= 0.6 is 0 Å². The summed E-state index contributed by atoms with van der Waals surface area (Å²) in [6, 6.07) is 6.57. The second-order valence-electron chi connectivity index (χ2n) is 5.89. The van der Waals surface area contributed by atoms with E-state index >= 15 is 0 Å². The van der Waals surface area contributed by atoms with Gasteiger partial charge in [-0.15, -0.1) is 0 Å². The average Bonchev–Trinajstić information content (AvgIpc) is 2.85. The summed E-state index contributed by atoms with van der Waals surface area (Å²) in [6.07, 6.45) is 2.61. The first kappa shape index (κ1) is 15.8. The monoisotopic (exact) mass is 290 g/mol. The summed E-state index contributed by atoms with van der Waals surface area (Å²) in [5.41, 5.74) is 2.56. The Bertz CT molecular complexity index is 488. The molecule has 1 aromatic carbocycles. The van der Waals surface area contributed by atoms with Crippen LogP contribution in [0.25, 0.3) is 0 Å². The smallest absolute Gasteiger partial charge is 0.221 e. The van der Waals surface area contributed by atoms with Crippen LogP contribution in [0.1, 0.15) is 37.8 Å². The van der Waals surface area contributed by atoms with Gasteiger partial charge in [-0.05, 0) is 31.9 Å². The van der Waals surface area contributed by atoms with E-state index in [0.717, 1.165) is 25.1 Å². The number of hydrogen-bond donors (Lipinski definition) is 2. The fraction of sp³-hybridized carbons (Fsp3) is 0.588. The molecule has 0 spiro atoms. The molecule has 2 N–H and O–H groups in total. The normalized spacial score (nSPS) is 18.0. The quantitative estimate of drug-likeness (QED) is 0.757. The van der Waals surface area contributed by atoms with Gasteiger partial charge < -0.3 is 15.4 Å². The van der Waals surface area contributed by atoms with Crippen molar-refractivity contribution in [2.24, 2.45) is 0 Å². The molecular formula is C17H26N2O2. The van der Waals surface area contributed by atoms with Gasteiger partial charge in [0.25, 0.3) is 0 Å². The molecule has 0 aliphatic carbocycles. The van der Waals surface area contributed by atoms with Gasteiger partial charge in [-0.2, -0.15) is 0 Å². The number of fused-ring (bicyclic) bond motifs is 1. The highest BCUT2D eigenvalue weighted by Gasteiger charge is 2.22. The van der Waals surface area contributed by atoms with E-state index in [1.54, 1.807) is 0 Å². The molecule has 0 saturated carbocycles. The van der Waals surface area contributed by atoms with E-state index in [2.05, 4.69) is 36.6 Å². The molecule has 0 radical (unpaired) electrons. The molecule has 116 valence electrons. The fourth-order valence-electron chi connectivity index (χ4n) is 2.48. The molecule has 2 rings (SSSR count). The second kappa shape index (κ2) is 7.46. The van der Waals surface area contributed by atoms with E-state index in [4.69, 9.17) is 4.74 Å². The van der Waals surface area contributed by atoms with Gasteiger partial charge in [-0.25, -0.2) is 0 Å². The number of benzene rings is 1. The number of carbonyl (C=O) groups is 1. The average molecular weight is 290 g/mol. The largest absolute Gasteiger partial charge is 0.488 e. The summed E-state index contributed by atoms with van der Waals surface area (Å²) in [5.74, 6) is 1.12. The maximum atomic E-state index is 11.6. The minimum absolute atomic E-state index is 0.114. The predicted octanol–water partition coefficient (Wildman–Crippen LogP) is 2.19. The Hall–Kier alpha value is -1.55. The van der Waals surface area contributed by atoms with Crippen molar-refractivity contribution in [2.75, 3.05) is 13.1 Å². The number of aryl methyl sites for hydroxylation is 1. The molecule has 0 aromatic heterocycles. The molecule has 21 heavy (non-hydrogen) atoms. The Kier molecular flexibility index (Phi) is 5.62. The number of rotatable bonds is 7. The summed E-state index contributed by atoms with van der Waals surface area (Å²) in [7, 11) is 0. The van der Waals surface area contributed by atoms with Gasteiger partial charge in [-0.3, -0.25) is 4.79 Å². The number of nitrogens with one attached hydrogen (secondary N) is 2. The molecule has 4 heteroatoms. The van der Waals surface area contributed by atoms with E-state index in [-0.39, 0.29) is 18.1 Å². The van der Waals surface area contributed by atoms with Crippen molar-refractivity contribution < 1.29 is 9.53 Å². The zero-order chi connectivity index (χ0) is 15.2. The van der Waals surface area contributed by atoms with Crippen molar-refractivity contribution >= 4 is 5.91 Å². The van der Waals surface area contributed by atoms with Crippen LogP contribution < -0.4 is 15.4 Å². The topological polar surface area (TPSA) is 50.4 Å². The van der Waals surface area contributed by atoms with Crippen molar-refractivity contribution in [3.63, 3.8) is 0 Å². The highest BCUT2D eigenvalue weighted by Crippen LogP contribution is 2.29. The van der Waals surface area contributed by atoms with Crippen LogP contribution in [0.4, 0.5) is 0 Å². The Morgan fingerprint density at radius 3 is 3.05 bits per heavy atom. The minimum atomic E-state index is 0.114. The van der Waals surface area contributed by atoms with E-state index in [1.165, 1.54) is 11.1 Å². The fourth-order valence-corrected chi connectivity index (χ4v) is 2.48. The Labute approximate surface area is 127 Å². The summed E-state index contributed by atoms with van der Waals surface area (Å²) in [4.78, 5) is 11.6. The highest BCUT2D eigenvalue weighted by molar-refractivity contribution is 5.76. The van der Waals surface area contributed by atoms with Crippen molar-refractivity contribution in [1.29, 1.82) is 0 Å². The van der Waals surface area contributed by atoms with Gasteiger partial charge in [0.1, 0.15) is 11.9 Å². The summed E-state index contributed by atoms with van der Waals surface area (Å²) in [6.45, 7) is 7.67. The number of hydrogen-bond acceptors (Lipinski definition) is 3. The van der Waals surface area contributed by atoms with Crippen LogP contribution in [0.3, 0.4) is 0 Å². The molecule has 1 aliphatic heterocycles. The summed E-state index contributed by atoms with van der Waals surface area (Å²) >= 11 is 0. The van der Waals surface area contributed by atoms with E-state index in [1.807, 2.05) is 13.0 Å².